The molecule has 1 nitrogen and oxygen atoms in total. The molecule has 1 aromatic rings. The zero-order valence-corrected chi connectivity index (χ0v) is 9.65. The van der Waals surface area contributed by atoms with Crippen LogP contribution >= 0.6 is 11.3 Å². The molecule has 1 aliphatic carbocycles. The molecule has 1 heterocycles. The van der Waals surface area contributed by atoms with Gasteiger partial charge >= 0.3 is 0 Å². The van der Waals surface area contributed by atoms with Gasteiger partial charge in [0.25, 0.3) is 0 Å². The van der Waals surface area contributed by atoms with E-state index in [2.05, 4.69) is 29.2 Å². The summed E-state index contributed by atoms with van der Waals surface area (Å²) in [5, 5.41) is 7.91. The van der Waals surface area contributed by atoms with Gasteiger partial charge < -0.3 is 5.32 Å². The van der Waals surface area contributed by atoms with Crippen molar-refractivity contribution < 1.29 is 0 Å². The van der Waals surface area contributed by atoms with E-state index >= 15 is 0 Å². The molecular formula is C12H19NS. The standard InChI is InChI=1S/C12H19NS/c1-13-12-4-2-3-11(12)6-5-10-7-8-14-9-10/h7-9,11-13H,2-6H2,1H3. The first-order chi connectivity index (χ1) is 6.90. The molecule has 1 aromatic heterocycles. The number of hydrogen-bond acceptors (Lipinski definition) is 2. The molecule has 1 saturated carbocycles. The maximum atomic E-state index is 3.45. The number of hydrogen-bond donors (Lipinski definition) is 1. The van der Waals surface area contributed by atoms with Gasteiger partial charge in [-0.3, -0.25) is 0 Å². The second kappa shape index (κ2) is 4.94. The van der Waals surface area contributed by atoms with E-state index in [-0.39, 0.29) is 0 Å². The van der Waals surface area contributed by atoms with Crippen molar-refractivity contribution in [3.63, 3.8) is 0 Å². The number of thiophene rings is 1. The fraction of sp³-hybridized carbons (Fsp3) is 0.667. The van der Waals surface area contributed by atoms with Gasteiger partial charge in [-0.15, -0.1) is 0 Å². The van der Waals surface area contributed by atoms with Crippen LogP contribution in [0.15, 0.2) is 16.8 Å². The molecule has 2 rings (SSSR count). The molecule has 14 heavy (non-hydrogen) atoms. The van der Waals surface area contributed by atoms with E-state index in [4.69, 9.17) is 0 Å². The summed E-state index contributed by atoms with van der Waals surface area (Å²) in [7, 11) is 2.10. The minimum absolute atomic E-state index is 0.786. The predicted octanol–water partition coefficient (Wildman–Crippen LogP) is 3.07. The lowest BCUT2D eigenvalue weighted by molar-refractivity contribution is 0.401. The molecule has 0 radical (unpaired) electrons. The highest BCUT2D eigenvalue weighted by molar-refractivity contribution is 7.07. The summed E-state index contributed by atoms with van der Waals surface area (Å²) < 4.78 is 0. The van der Waals surface area contributed by atoms with Crippen LogP contribution in [0.25, 0.3) is 0 Å². The van der Waals surface area contributed by atoms with Gasteiger partial charge in [0.2, 0.25) is 0 Å². The molecule has 0 bridgehead atoms. The lowest BCUT2D eigenvalue weighted by Gasteiger charge is -2.18. The van der Waals surface area contributed by atoms with Gasteiger partial charge in [0, 0.05) is 6.04 Å². The Balaban J connectivity index is 1.80. The summed E-state index contributed by atoms with van der Waals surface area (Å²) in [5.74, 6) is 0.917. The van der Waals surface area contributed by atoms with E-state index in [0.717, 1.165) is 12.0 Å². The minimum atomic E-state index is 0.786. The van der Waals surface area contributed by atoms with E-state index in [1.165, 1.54) is 37.7 Å². The first kappa shape index (κ1) is 10.2. The van der Waals surface area contributed by atoms with Crippen LogP contribution in [-0.4, -0.2) is 13.1 Å². The summed E-state index contributed by atoms with van der Waals surface area (Å²) in [6.07, 6.45) is 6.86. The monoisotopic (exact) mass is 209 g/mol. The Kier molecular flexibility index (Phi) is 3.60. The molecular weight excluding hydrogens is 190 g/mol. The van der Waals surface area contributed by atoms with Gasteiger partial charge in [0.1, 0.15) is 0 Å². The fourth-order valence-corrected chi connectivity index (χ4v) is 3.25. The zero-order valence-electron chi connectivity index (χ0n) is 8.83. The van der Waals surface area contributed by atoms with Crippen molar-refractivity contribution >= 4 is 11.3 Å². The van der Waals surface area contributed by atoms with E-state index in [1.807, 2.05) is 11.3 Å². The molecule has 0 saturated heterocycles. The summed E-state index contributed by atoms with van der Waals surface area (Å²) in [6, 6.07) is 3.04. The highest BCUT2D eigenvalue weighted by Gasteiger charge is 2.25. The Morgan fingerprint density at radius 3 is 3.14 bits per heavy atom. The summed E-state index contributed by atoms with van der Waals surface area (Å²) in [4.78, 5) is 0. The van der Waals surface area contributed by atoms with Gasteiger partial charge in [0.15, 0.2) is 0 Å². The fourth-order valence-electron chi connectivity index (χ4n) is 2.55. The van der Waals surface area contributed by atoms with Crippen molar-refractivity contribution in [2.24, 2.45) is 5.92 Å². The highest BCUT2D eigenvalue weighted by Crippen LogP contribution is 2.29. The third kappa shape index (κ3) is 2.37. The van der Waals surface area contributed by atoms with Gasteiger partial charge in [0.05, 0.1) is 0 Å². The number of nitrogens with one attached hydrogen (secondary N) is 1. The lowest BCUT2D eigenvalue weighted by Crippen LogP contribution is -2.29. The van der Waals surface area contributed by atoms with Crippen molar-refractivity contribution in [1.82, 2.24) is 5.32 Å². The van der Waals surface area contributed by atoms with Crippen LogP contribution in [0.1, 0.15) is 31.2 Å². The first-order valence-electron chi connectivity index (χ1n) is 5.58. The average Bonchev–Trinajstić information content (AvgIpc) is 2.85. The first-order valence-corrected chi connectivity index (χ1v) is 6.53. The van der Waals surface area contributed by atoms with Gasteiger partial charge in [-0.25, -0.2) is 0 Å². The average molecular weight is 209 g/mol. The molecule has 2 atom stereocenters. The van der Waals surface area contributed by atoms with Gasteiger partial charge in [-0.1, -0.05) is 6.42 Å². The SMILES string of the molecule is CNC1CCCC1CCc1ccsc1. The highest BCUT2D eigenvalue weighted by atomic mass is 32.1. The van der Waals surface area contributed by atoms with E-state index in [9.17, 15) is 0 Å². The van der Waals surface area contributed by atoms with Crippen LogP contribution in [0.5, 0.6) is 0 Å². The van der Waals surface area contributed by atoms with Gasteiger partial charge in [-0.05, 0) is 61.0 Å². The quantitative estimate of drug-likeness (QED) is 0.803. The normalized spacial score (nSPS) is 26.9. The van der Waals surface area contributed by atoms with Crippen molar-refractivity contribution in [3.05, 3.63) is 22.4 Å². The molecule has 0 aliphatic heterocycles. The van der Waals surface area contributed by atoms with Crippen molar-refractivity contribution in [2.75, 3.05) is 7.05 Å². The third-order valence-electron chi connectivity index (χ3n) is 3.41. The smallest absolute Gasteiger partial charge is 0.00924 e. The molecule has 2 unspecified atom stereocenters. The maximum Gasteiger partial charge on any atom is 0.00924 e. The summed E-state index contributed by atoms with van der Waals surface area (Å²) >= 11 is 1.81. The number of aryl methyl sites for hydroxylation is 1. The van der Waals surface area contributed by atoms with E-state index in [0.29, 0.717) is 0 Å². The molecule has 0 aromatic carbocycles. The maximum absolute atomic E-state index is 3.45. The van der Waals surface area contributed by atoms with E-state index in [1.54, 1.807) is 0 Å². The molecule has 0 amide bonds. The van der Waals surface area contributed by atoms with Crippen LogP contribution < -0.4 is 5.32 Å². The lowest BCUT2D eigenvalue weighted by atomic mass is 9.96. The van der Waals surface area contributed by atoms with Crippen molar-refractivity contribution in [3.8, 4) is 0 Å². The predicted molar refractivity (Wildman–Crippen MR) is 62.8 cm³/mol. The van der Waals surface area contributed by atoms with Crippen LogP contribution in [0.4, 0.5) is 0 Å². The number of rotatable bonds is 4. The molecule has 1 fully saturated rings. The zero-order chi connectivity index (χ0) is 9.80. The topological polar surface area (TPSA) is 12.0 Å². The molecule has 2 heteroatoms. The molecule has 0 spiro atoms. The Hall–Kier alpha value is -0.340. The molecule has 1 N–H and O–H groups in total. The summed E-state index contributed by atoms with van der Waals surface area (Å²) in [6.45, 7) is 0. The third-order valence-corrected chi connectivity index (χ3v) is 4.15. The molecule has 78 valence electrons. The molecule has 1 aliphatic rings. The minimum Gasteiger partial charge on any atom is -0.317 e. The largest absolute Gasteiger partial charge is 0.317 e. The van der Waals surface area contributed by atoms with Crippen molar-refractivity contribution in [2.45, 2.75) is 38.1 Å². The van der Waals surface area contributed by atoms with E-state index < -0.39 is 0 Å². The second-order valence-electron chi connectivity index (χ2n) is 4.26. The Labute approximate surface area is 90.5 Å². The Morgan fingerprint density at radius 2 is 2.43 bits per heavy atom. The van der Waals surface area contributed by atoms with Crippen LogP contribution in [0, 0.1) is 5.92 Å². The second-order valence-corrected chi connectivity index (χ2v) is 5.04. The Morgan fingerprint density at radius 1 is 1.50 bits per heavy atom. The van der Waals surface area contributed by atoms with Crippen LogP contribution in [0.3, 0.4) is 0 Å². The van der Waals surface area contributed by atoms with Crippen LogP contribution in [0.2, 0.25) is 0 Å². The Bertz CT molecular complexity index is 255. The van der Waals surface area contributed by atoms with Gasteiger partial charge in [-0.2, -0.15) is 11.3 Å². The summed E-state index contributed by atoms with van der Waals surface area (Å²) in [5.41, 5.74) is 1.52. The van der Waals surface area contributed by atoms with Crippen molar-refractivity contribution in [1.29, 1.82) is 0 Å². The van der Waals surface area contributed by atoms with Crippen LogP contribution in [-0.2, 0) is 6.42 Å².